The predicted octanol–water partition coefficient (Wildman–Crippen LogP) is 2.04. The quantitative estimate of drug-likeness (QED) is 0.465. The smallest absolute Gasteiger partial charge is 0.142 e. The summed E-state index contributed by atoms with van der Waals surface area (Å²) >= 11 is 0. The second kappa shape index (κ2) is 3.66. The summed E-state index contributed by atoms with van der Waals surface area (Å²) in [6.45, 7) is 0. The third-order valence-electron chi connectivity index (χ3n) is 1.24. The minimum atomic E-state index is -0.270. The zero-order valence-electron chi connectivity index (χ0n) is 5.83. The van der Waals surface area contributed by atoms with Gasteiger partial charge in [-0.15, -0.1) is 0 Å². The maximum atomic E-state index is 12.3. The molecule has 0 saturated heterocycles. The van der Waals surface area contributed by atoms with Gasteiger partial charge in [0.15, 0.2) is 0 Å². The lowest BCUT2D eigenvalue weighted by Gasteiger charge is -1.89. The Labute approximate surface area is 64.2 Å². The van der Waals surface area contributed by atoms with Crippen molar-refractivity contribution in [2.75, 3.05) is 0 Å². The number of hydrogen-bond acceptors (Lipinski definition) is 1. The zero-order valence-corrected chi connectivity index (χ0v) is 5.83. The highest BCUT2D eigenvalue weighted by Gasteiger charge is 1.86. The third kappa shape index (κ3) is 2.34. The molecule has 0 radical (unpaired) electrons. The number of allylic oxidation sites excluding steroid dienone is 1. The molecule has 1 rings (SSSR count). The van der Waals surface area contributed by atoms with Crippen molar-refractivity contribution >= 4 is 12.4 Å². The van der Waals surface area contributed by atoms with Crippen molar-refractivity contribution in [3.05, 3.63) is 41.7 Å². The zero-order chi connectivity index (χ0) is 8.10. The maximum Gasteiger partial charge on any atom is 0.142 e. The van der Waals surface area contributed by atoms with Gasteiger partial charge in [-0.3, -0.25) is 4.79 Å². The minimum absolute atomic E-state index is 0.270. The number of aldehydes is 1. The number of carbonyl (C=O) groups excluding carboxylic acids is 1. The number of hydrogen-bond donors (Lipinski definition) is 0. The summed E-state index contributed by atoms with van der Waals surface area (Å²) < 4.78 is 12.3. The summed E-state index contributed by atoms with van der Waals surface area (Å²) in [6, 6.07) is 5.92. The fourth-order valence-corrected chi connectivity index (χ4v) is 0.724. The van der Waals surface area contributed by atoms with E-state index in [9.17, 15) is 9.18 Å². The van der Waals surface area contributed by atoms with Crippen molar-refractivity contribution in [1.29, 1.82) is 0 Å². The van der Waals surface area contributed by atoms with Gasteiger partial charge < -0.3 is 0 Å². The number of halogens is 1. The van der Waals surface area contributed by atoms with Crippen molar-refractivity contribution in [1.82, 2.24) is 0 Å². The largest absolute Gasteiger partial charge is 0.299 e. The minimum Gasteiger partial charge on any atom is -0.299 e. The van der Waals surface area contributed by atoms with Crippen LogP contribution < -0.4 is 0 Å². The van der Waals surface area contributed by atoms with Gasteiger partial charge in [0.05, 0.1) is 0 Å². The molecule has 0 unspecified atom stereocenters. The third-order valence-corrected chi connectivity index (χ3v) is 1.24. The van der Waals surface area contributed by atoms with Crippen LogP contribution in [-0.4, -0.2) is 6.29 Å². The van der Waals surface area contributed by atoms with E-state index in [1.807, 2.05) is 0 Å². The molecule has 2 heteroatoms. The highest BCUT2D eigenvalue weighted by atomic mass is 19.1. The fourth-order valence-electron chi connectivity index (χ4n) is 0.724. The Morgan fingerprint density at radius 1 is 1.18 bits per heavy atom. The van der Waals surface area contributed by atoms with Crippen LogP contribution >= 0.6 is 0 Å². The van der Waals surface area contributed by atoms with Crippen LogP contribution in [0.3, 0.4) is 0 Å². The first kappa shape index (κ1) is 7.66. The molecule has 0 bridgehead atoms. The summed E-state index contributed by atoms with van der Waals surface area (Å²) in [7, 11) is 0. The van der Waals surface area contributed by atoms with Gasteiger partial charge in [-0.05, 0) is 23.8 Å². The molecule has 1 aromatic rings. The molecule has 1 aromatic carbocycles. The Morgan fingerprint density at radius 2 is 1.82 bits per heavy atom. The molecule has 0 aliphatic heterocycles. The molecule has 0 amide bonds. The van der Waals surface area contributed by atoms with E-state index in [0.717, 1.165) is 5.56 Å². The highest BCUT2D eigenvalue weighted by Crippen LogP contribution is 2.03. The van der Waals surface area contributed by atoms with Crippen LogP contribution in [0.25, 0.3) is 6.08 Å². The van der Waals surface area contributed by atoms with Crippen molar-refractivity contribution < 1.29 is 9.18 Å². The van der Waals surface area contributed by atoms with Gasteiger partial charge in [0.1, 0.15) is 12.1 Å². The molecule has 0 aliphatic carbocycles. The van der Waals surface area contributed by atoms with Crippen LogP contribution in [0.1, 0.15) is 5.56 Å². The standard InChI is InChI=1S/C9H7FO/c10-9-5-3-8(4-6-9)2-1-7-11/h1-7H. The number of rotatable bonds is 2. The van der Waals surface area contributed by atoms with E-state index in [4.69, 9.17) is 0 Å². The Balaban J connectivity index is 2.81. The van der Waals surface area contributed by atoms with E-state index in [-0.39, 0.29) is 5.82 Å². The van der Waals surface area contributed by atoms with Gasteiger partial charge in [0.25, 0.3) is 0 Å². The summed E-state index contributed by atoms with van der Waals surface area (Å²) in [6.07, 6.45) is 3.67. The Kier molecular flexibility index (Phi) is 2.55. The Hall–Kier alpha value is -1.44. The van der Waals surface area contributed by atoms with Crippen LogP contribution in [0.5, 0.6) is 0 Å². The van der Waals surface area contributed by atoms with Crippen LogP contribution in [0.2, 0.25) is 0 Å². The molecule has 0 heterocycles. The van der Waals surface area contributed by atoms with Crippen molar-refractivity contribution in [2.24, 2.45) is 0 Å². The van der Waals surface area contributed by atoms with Crippen LogP contribution in [-0.2, 0) is 4.79 Å². The SMILES string of the molecule is O=CC=Cc1ccc(F)cc1. The monoisotopic (exact) mass is 150 g/mol. The molecule has 0 N–H and O–H groups in total. The molecule has 11 heavy (non-hydrogen) atoms. The molecule has 0 aliphatic rings. The second-order valence-electron chi connectivity index (χ2n) is 2.05. The van der Waals surface area contributed by atoms with Crippen molar-refractivity contribution in [3.8, 4) is 0 Å². The van der Waals surface area contributed by atoms with Gasteiger partial charge in [0, 0.05) is 0 Å². The first-order valence-electron chi connectivity index (χ1n) is 3.20. The highest BCUT2D eigenvalue weighted by molar-refractivity contribution is 5.73. The lowest BCUT2D eigenvalue weighted by molar-refractivity contribution is -0.104. The molecule has 0 saturated carbocycles. The summed E-state index contributed by atoms with van der Waals surface area (Å²) in [5.41, 5.74) is 0.818. The first-order chi connectivity index (χ1) is 5.33. The Morgan fingerprint density at radius 3 is 2.36 bits per heavy atom. The fraction of sp³-hybridized carbons (Fsp3) is 0. The topological polar surface area (TPSA) is 17.1 Å². The van der Waals surface area contributed by atoms with Gasteiger partial charge in [-0.25, -0.2) is 4.39 Å². The van der Waals surface area contributed by atoms with Crippen LogP contribution in [0.4, 0.5) is 4.39 Å². The van der Waals surface area contributed by atoms with Crippen molar-refractivity contribution in [2.45, 2.75) is 0 Å². The molecular weight excluding hydrogens is 143 g/mol. The van der Waals surface area contributed by atoms with E-state index in [0.29, 0.717) is 6.29 Å². The molecule has 0 fully saturated rings. The summed E-state index contributed by atoms with van der Waals surface area (Å²) in [5.74, 6) is -0.270. The lowest BCUT2D eigenvalue weighted by atomic mass is 10.2. The van der Waals surface area contributed by atoms with Crippen LogP contribution in [0.15, 0.2) is 30.3 Å². The molecule has 1 nitrogen and oxygen atoms in total. The number of carbonyl (C=O) groups is 1. The maximum absolute atomic E-state index is 12.3. The van der Waals surface area contributed by atoms with E-state index < -0.39 is 0 Å². The predicted molar refractivity (Wildman–Crippen MR) is 41.5 cm³/mol. The summed E-state index contributed by atoms with van der Waals surface area (Å²) in [4.78, 5) is 9.88. The van der Waals surface area contributed by atoms with E-state index in [1.54, 1.807) is 18.2 Å². The second-order valence-corrected chi connectivity index (χ2v) is 2.05. The first-order valence-corrected chi connectivity index (χ1v) is 3.20. The van der Waals surface area contributed by atoms with Gasteiger partial charge in [-0.1, -0.05) is 18.2 Å². The van der Waals surface area contributed by atoms with E-state index in [2.05, 4.69) is 0 Å². The molecule has 0 aromatic heterocycles. The number of benzene rings is 1. The van der Waals surface area contributed by atoms with E-state index >= 15 is 0 Å². The van der Waals surface area contributed by atoms with Crippen LogP contribution in [0, 0.1) is 5.82 Å². The van der Waals surface area contributed by atoms with Gasteiger partial charge in [-0.2, -0.15) is 0 Å². The lowest BCUT2D eigenvalue weighted by Crippen LogP contribution is -1.73. The van der Waals surface area contributed by atoms with Gasteiger partial charge >= 0.3 is 0 Å². The molecule has 0 spiro atoms. The summed E-state index contributed by atoms with van der Waals surface area (Å²) in [5, 5.41) is 0. The van der Waals surface area contributed by atoms with Gasteiger partial charge in [0.2, 0.25) is 0 Å². The average molecular weight is 150 g/mol. The van der Waals surface area contributed by atoms with E-state index in [1.165, 1.54) is 18.2 Å². The normalized spacial score (nSPS) is 10.3. The molecule has 56 valence electrons. The Bertz CT molecular complexity index is 261. The molecular formula is C9H7FO. The average Bonchev–Trinajstić information content (AvgIpc) is 2.04. The molecule has 0 atom stereocenters. The van der Waals surface area contributed by atoms with Crippen molar-refractivity contribution in [3.63, 3.8) is 0 Å².